The summed E-state index contributed by atoms with van der Waals surface area (Å²) in [5, 5.41) is 2.61. The summed E-state index contributed by atoms with van der Waals surface area (Å²) in [4.78, 5) is 33.6. The van der Waals surface area contributed by atoms with Crippen molar-refractivity contribution in [1.82, 2.24) is 9.88 Å². The van der Waals surface area contributed by atoms with Crippen LogP contribution in [0.4, 0.5) is 5.69 Å². The Balaban J connectivity index is 1.21. The maximum Gasteiger partial charge on any atom is 0.312 e. The number of aromatic nitrogens is 1. The zero-order chi connectivity index (χ0) is 23.9. The van der Waals surface area contributed by atoms with Crippen LogP contribution >= 0.6 is 11.3 Å². The molecular formula is C26H29N3O4S. The van der Waals surface area contributed by atoms with Crippen molar-refractivity contribution < 1.29 is 19.1 Å². The van der Waals surface area contributed by atoms with Crippen LogP contribution in [-0.2, 0) is 27.4 Å². The third-order valence-electron chi connectivity index (χ3n) is 5.68. The second-order valence-corrected chi connectivity index (χ2v) is 9.23. The molecule has 1 atom stereocenters. The van der Waals surface area contributed by atoms with Crippen LogP contribution in [-0.4, -0.2) is 54.0 Å². The Bertz CT molecular complexity index is 1090. The number of hydrogen-bond acceptors (Lipinski definition) is 7. The summed E-state index contributed by atoms with van der Waals surface area (Å²) in [7, 11) is 0. The monoisotopic (exact) mass is 479 g/mol. The number of esters is 1. The van der Waals surface area contributed by atoms with Crippen LogP contribution in [0, 0.1) is 6.92 Å². The van der Waals surface area contributed by atoms with E-state index in [2.05, 4.69) is 22.0 Å². The standard InChI is InChI=1S/C26H29N3O4S/c1-19-8-10-23(11-9-19)32-17-24-27-21(18-34-24)16-25(30)33-20(2)26(31)29-14-12-28(13-15-29)22-6-4-3-5-7-22/h3-11,18,20H,12-17H2,1-2H3. The number of hydrogen-bond donors (Lipinski definition) is 0. The van der Waals surface area contributed by atoms with Crippen LogP contribution in [0.3, 0.4) is 0 Å². The van der Waals surface area contributed by atoms with Gasteiger partial charge < -0.3 is 19.3 Å². The topological polar surface area (TPSA) is 72.0 Å². The zero-order valence-corrected chi connectivity index (χ0v) is 20.3. The van der Waals surface area contributed by atoms with E-state index in [1.54, 1.807) is 11.8 Å². The molecule has 4 rings (SSSR count). The first-order valence-electron chi connectivity index (χ1n) is 11.4. The second kappa shape index (κ2) is 11.2. The lowest BCUT2D eigenvalue weighted by molar-refractivity contribution is -0.158. The van der Waals surface area contributed by atoms with E-state index in [0.717, 1.165) is 29.5 Å². The molecule has 1 unspecified atom stereocenters. The molecule has 0 N–H and O–H groups in total. The molecule has 1 aliphatic heterocycles. The van der Waals surface area contributed by atoms with E-state index in [-0.39, 0.29) is 12.3 Å². The van der Waals surface area contributed by atoms with Gasteiger partial charge in [-0.05, 0) is 38.1 Å². The van der Waals surface area contributed by atoms with E-state index in [1.165, 1.54) is 16.9 Å². The molecule has 0 saturated carbocycles. The molecule has 2 aromatic carbocycles. The lowest BCUT2D eigenvalue weighted by Crippen LogP contribution is -2.51. The number of para-hydroxylation sites is 1. The van der Waals surface area contributed by atoms with Crippen molar-refractivity contribution in [3.05, 3.63) is 76.2 Å². The van der Waals surface area contributed by atoms with Crippen molar-refractivity contribution in [1.29, 1.82) is 0 Å². The number of thiazole rings is 1. The number of aryl methyl sites for hydroxylation is 1. The minimum absolute atomic E-state index is 0.0282. The fourth-order valence-electron chi connectivity index (χ4n) is 3.79. The van der Waals surface area contributed by atoms with Crippen molar-refractivity contribution >= 4 is 28.9 Å². The predicted octanol–water partition coefficient (Wildman–Crippen LogP) is 3.85. The van der Waals surface area contributed by atoms with Crippen molar-refractivity contribution in [2.24, 2.45) is 0 Å². The molecule has 3 aromatic rings. The molecule has 34 heavy (non-hydrogen) atoms. The average molecular weight is 480 g/mol. The molecule has 1 saturated heterocycles. The third-order valence-corrected chi connectivity index (χ3v) is 6.55. The minimum atomic E-state index is -0.821. The number of amides is 1. The van der Waals surface area contributed by atoms with Gasteiger partial charge in [-0.3, -0.25) is 9.59 Å². The molecule has 0 bridgehead atoms. The Morgan fingerprint density at radius 1 is 1.03 bits per heavy atom. The lowest BCUT2D eigenvalue weighted by Gasteiger charge is -2.37. The van der Waals surface area contributed by atoms with Gasteiger partial charge in [0.05, 0.1) is 12.1 Å². The largest absolute Gasteiger partial charge is 0.486 e. The SMILES string of the molecule is Cc1ccc(OCc2nc(CC(=O)OC(C)C(=O)N3CCN(c4ccccc4)CC3)cs2)cc1. The Kier molecular flexibility index (Phi) is 7.80. The molecule has 0 aliphatic carbocycles. The molecule has 2 heterocycles. The lowest BCUT2D eigenvalue weighted by atomic mass is 10.2. The Morgan fingerprint density at radius 2 is 1.74 bits per heavy atom. The molecule has 0 radical (unpaired) electrons. The van der Waals surface area contributed by atoms with E-state index in [9.17, 15) is 9.59 Å². The fraction of sp³-hybridized carbons (Fsp3) is 0.346. The van der Waals surface area contributed by atoms with E-state index in [4.69, 9.17) is 9.47 Å². The van der Waals surface area contributed by atoms with Gasteiger partial charge in [-0.2, -0.15) is 0 Å². The molecule has 0 spiro atoms. The summed E-state index contributed by atoms with van der Waals surface area (Å²) >= 11 is 1.44. The van der Waals surface area contributed by atoms with Crippen LogP contribution in [0.25, 0.3) is 0 Å². The first kappa shape index (κ1) is 23.8. The molecule has 1 fully saturated rings. The van der Waals surface area contributed by atoms with Gasteiger partial charge in [-0.15, -0.1) is 11.3 Å². The number of rotatable bonds is 8. The molecule has 8 heteroatoms. The first-order valence-corrected chi connectivity index (χ1v) is 12.3. The van der Waals surface area contributed by atoms with E-state index in [1.807, 2.05) is 54.8 Å². The van der Waals surface area contributed by atoms with Gasteiger partial charge >= 0.3 is 5.97 Å². The number of carbonyl (C=O) groups is 2. The smallest absolute Gasteiger partial charge is 0.312 e. The van der Waals surface area contributed by atoms with E-state index in [0.29, 0.717) is 25.4 Å². The predicted molar refractivity (Wildman–Crippen MR) is 132 cm³/mol. The van der Waals surface area contributed by atoms with Crippen molar-refractivity contribution in [3.63, 3.8) is 0 Å². The van der Waals surface area contributed by atoms with Gasteiger partial charge in [-0.25, -0.2) is 4.98 Å². The maximum absolute atomic E-state index is 12.8. The summed E-state index contributed by atoms with van der Waals surface area (Å²) < 4.78 is 11.2. The Labute approximate surface area is 203 Å². The van der Waals surface area contributed by atoms with Crippen LogP contribution in [0.5, 0.6) is 5.75 Å². The number of piperazine rings is 1. The number of carbonyl (C=O) groups excluding carboxylic acids is 2. The van der Waals surface area contributed by atoms with Crippen LogP contribution in [0.1, 0.15) is 23.2 Å². The number of nitrogens with zero attached hydrogens (tertiary/aromatic N) is 3. The Morgan fingerprint density at radius 3 is 2.44 bits per heavy atom. The van der Waals surface area contributed by atoms with Gasteiger partial charge in [0, 0.05) is 37.2 Å². The quantitative estimate of drug-likeness (QED) is 0.457. The van der Waals surface area contributed by atoms with Crippen molar-refractivity contribution in [2.45, 2.75) is 33.0 Å². The number of benzene rings is 2. The van der Waals surface area contributed by atoms with Crippen LogP contribution in [0.15, 0.2) is 60.0 Å². The van der Waals surface area contributed by atoms with Crippen molar-refractivity contribution in [3.8, 4) is 5.75 Å². The first-order chi connectivity index (χ1) is 16.5. The van der Waals surface area contributed by atoms with Gasteiger partial charge in [0.1, 0.15) is 17.4 Å². The third kappa shape index (κ3) is 6.35. The van der Waals surface area contributed by atoms with Gasteiger partial charge in [0.2, 0.25) is 0 Å². The second-order valence-electron chi connectivity index (χ2n) is 8.29. The van der Waals surface area contributed by atoms with Crippen LogP contribution in [0.2, 0.25) is 0 Å². The van der Waals surface area contributed by atoms with Gasteiger partial charge in [-0.1, -0.05) is 35.9 Å². The van der Waals surface area contributed by atoms with Gasteiger partial charge in [0.15, 0.2) is 6.10 Å². The summed E-state index contributed by atoms with van der Waals surface area (Å²) in [6.45, 7) is 6.71. The molecule has 1 aliphatic rings. The van der Waals surface area contributed by atoms with E-state index < -0.39 is 12.1 Å². The summed E-state index contributed by atoms with van der Waals surface area (Å²) in [6, 6.07) is 18.0. The van der Waals surface area contributed by atoms with Gasteiger partial charge in [0.25, 0.3) is 5.91 Å². The summed E-state index contributed by atoms with van der Waals surface area (Å²) in [6.07, 6.45) is -0.792. The number of ether oxygens (including phenoxy) is 2. The fourth-order valence-corrected chi connectivity index (χ4v) is 4.50. The maximum atomic E-state index is 12.8. The molecular weight excluding hydrogens is 450 g/mol. The average Bonchev–Trinajstić information content (AvgIpc) is 3.31. The normalized spacial score (nSPS) is 14.5. The molecule has 7 nitrogen and oxygen atoms in total. The van der Waals surface area contributed by atoms with E-state index >= 15 is 0 Å². The highest BCUT2D eigenvalue weighted by molar-refractivity contribution is 7.09. The highest BCUT2D eigenvalue weighted by Crippen LogP contribution is 2.18. The molecule has 178 valence electrons. The molecule has 1 amide bonds. The minimum Gasteiger partial charge on any atom is -0.486 e. The summed E-state index contributed by atoms with van der Waals surface area (Å²) in [5.41, 5.74) is 2.94. The van der Waals surface area contributed by atoms with Crippen molar-refractivity contribution in [2.75, 3.05) is 31.1 Å². The summed E-state index contributed by atoms with van der Waals surface area (Å²) in [5.74, 6) is 0.158. The van der Waals surface area contributed by atoms with Crippen LogP contribution < -0.4 is 9.64 Å². The highest BCUT2D eigenvalue weighted by Gasteiger charge is 2.27. The number of anilines is 1. The highest BCUT2D eigenvalue weighted by atomic mass is 32.1. The Hall–Kier alpha value is -3.39. The molecule has 1 aromatic heterocycles. The zero-order valence-electron chi connectivity index (χ0n) is 19.5.